The van der Waals surface area contributed by atoms with Gasteiger partial charge in [-0.2, -0.15) is 0 Å². The van der Waals surface area contributed by atoms with Crippen molar-refractivity contribution in [3.63, 3.8) is 0 Å². The summed E-state index contributed by atoms with van der Waals surface area (Å²) in [5, 5.41) is 8.16. The van der Waals surface area contributed by atoms with Crippen molar-refractivity contribution in [1.82, 2.24) is 10.6 Å². The number of imide groups is 1. The lowest BCUT2D eigenvalue weighted by molar-refractivity contribution is -0.118. The minimum Gasteiger partial charge on any atom is -0.497 e. The van der Waals surface area contributed by atoms with Crippen LogP contribution in [0.1, 0.15) is 18.9 Å². The zero-order valence-corrected chi connectivity index (χ0v) is 16.4. The zero-order valence-electron chi connectivity index (χ0n) is 16.4. The Labute approximate surface area is 169 Å². The van der Waals surface area contributed by atoms with Gasteiger partial charge in [-0.05, 0) is 48.7 Å². The quantitative estimate of drug-likeness (QED) is 0.627. The van der Waals surface area contributed by atoms with E-state index in [0.717, 1.165) is 16.2 Å². The number of benzene rings is 2. The number of anilines is 2. The van der Waals surface area contributed by atoms with Crippen LogP contribution in [0, 0.1) is 0 Å². The highest BCUT2D eigenvalue weighted by atomic mass is 16.5. The van der Waals surface area contributed by atoms with Crippen molar-refractivity contribution in [2.24, 2.45) is 0 Å². The van der Waals surface area contributed by atoms with E-state index in [-0.39, 0.29) is 11.9 Å². The SMILES string of the molecule is CCC1NC(=O)N(c2cccc(NC(=O)NCCc3ccc(OC)cc3)c2)C1=O. The summed E-state index contributed by atoms with van der Waals surface area (Å²) in [4.78, 5) is 37.7. The molecule has 1 fully saturated rings. The summed E-state index contributed by atoms with van der Waals surface area (Å²) >= 11 is 0. The molecule has 1 aliphatic rings. The number of methoxy groups -OCH3 is 1. The molecule has 0 spiro atoms. The first-order valence-electron chi connectivity index (χ1n) is 9.44. The Morgan fingerprint density at radius 2 is 1.93 bits per heavy atom. The first-order valence-corrected chi connectivity index (χ1v) is 9.44. The van der Waals surface area contributed by atoms with Gasteiger partial charge in [0.15, 0.2) is 0 Å². The van der Waals surface area contributed by atoms with E-state index in [9.17, 15) is 14.4 Å². The molecule has 8 heteroatoms. The number of ether oxygens (including phenoxy) is 1. The van der Waals surface area contributed by atoms with E-state index >= 15 is 0 Å². The average Bonchev–Trinajstić information content (AvgIpc) is 3.02. The molecule has 3 N–H and O–H groups in total. The van der Waals surface area contributed by atoms with E-state index in [0.29, 0.717) is 30.8 Å². The molecule has 3 rings (SSSR count). The minimum absolute atomic E-state index is 0.293. The first kappa shape index (κ1) is 20.2. The predicted molar refractivity (Wildman–Crippen MR) is 110 cm³/mol. The van der Waals surface area contributed by atoms with Crippen LogP contribution >= 0.6 is 0 Å². The number of urea groups is 2. The highest BCUT2D eigenvalue weighted by molar-refractivity contribution is 6.21. The number of hydrogen-bond donors (Lipinski definition) is 3. The maximum absolute atomic E-state index is 12.3. The largest absolute Gasteiger partial charge is 0.497 e. The molecule has 0 bridgehead atoms. The Kier molecular flexibility index (Phi) is 6.33. The van der Waals surface area contributed by atoms with Crippen LogP contribution in [0.2, 0.25) is 0 Å². The second-order valence-electron chi connectivity index (χ2n) is 6.61. The Balaban J connectivity index is 1.55. The van der Waals surface area contributed by atoms with Gasteiger partial charge in [-0.25, -0.2) is 14.5 Å². The molecule has 1 saturated heterocycles. The molecule has 2 aromatic rings. The second kappa shape index (κ2) is 9.09. The molecule has 0 aliphatic carbocycles. The van der Waals surface area contributed by atoms with Crippen molar-refractivity contribution < 1.29 is 19.1 Å². The van der Waals surface area contributed by atoms with Crippen LogP contribution in [0.15, 0.2) is 48.5 Å². The van der Waals surface area contributed by atoms with E-state index in [1.807, 2.05) is 31.2 Å². The van der Waals surface area contributed by atoms with E-state index < -0.39 is 12.1 Å². The average molecular weight is 396 g/mol. The zero-order chi connectivity index (χ0) is 20.8. The van der Waals surface area contributed by atoms with Gasteiger partial charge in [-0.15, -0.1) is 0 Å². The van der Waals surface area contributed by atoms with Gasteiger partial charge in [0, 0.05) is 12.2 Å². The maximum Gasteiger partial charge on any atom is 0.329 e. The Bertz CT molecular complexity index is 898. The number of nitrogens with one attached hydrogen (secondary N) is 3. The van der Waals surface area contributed by atoms with Gasteiger partial charge < -0.3 is 20.7 Å². The molecule has 8 nitrogen and oxygen atoms in total. The summed E-state index contributed by atoms with van der Waals surface area (Å²) in [6, 6.07) is 12.9. The summed E-state index contributed by atoms with van der Waals surface area (Å²) in [6.45, 7) is 2.30. The second-order valence-corrected chi connectivity index (χ2v) is 6.61. The normalized spacial score (nSPS) is 15.8. The first-order chi connectivity index (χ1) is 14.0. The molecule has 5 amide bonds. The third kappa shape index (κ3) is 4.84. The standard InChI is InChI=1S/C21H24N4O4/c1-3-18-19(26)25(21(28)24-18)16-6-4-5-15(13-16)23-20(27)22-12-11-14-7-9-17(29-2)10-8-14/h4-10,13,18H,3,11-12H2,1-2H3,(H,24,28)(H2,22,23,27). The molecule has 1 heterocycles. The van der Waals surface area contributed by atoms with Crippen LogP contribution in [0.3, 0.4) is 0 Å². The molecule has 0 aromatic heterocycles. The maximum atomic E-state index is 12.3. The molecule has 29 heavy (non-hydrogen) atoms. The van der Waals surface area contributed by atoms with E-state index in [4.69, 9.17) is 4.74 Å². The smallest absolute Gasteiger partial charge is 0.329 e. The molecule has 0 saturated carbocycles. The summed E-state index contributed by atoms with van der Waals surface area (Å²) in [7, 11) is 1.62. The van der Waals surface area contributed by atoms with Crippen molar-refractivity contribution in [2.45, 2.75) is 25.8 Å². The van der Waals surface area contributed by atoms with Crippen LogP contribution in [0.25, 0.3) is 0 Å². The lowest BCUT2D eigenvalue weighted by Crippen LogP contribution is -2.32. The third-order valence-electron chi connectivity index (χ3n) is 4.65. The minimum atomic E-state index is -0.514. The van der Waals surface area contributed by atoms with E-state index in [1.165, 1.54) is 0 Å². The molecule has 1 aliphatic heterocycles. The number of amides is 5. The van der Waals surface area contributed by atoms with Crippen molar-refractivity contribution in [2.75, 3.05) is 23.9 Å². The summed E-state index contributed by atoms with van der Waals surface area (Å²) < 4.78 is 5.12. The number of carbonyl (C=O) groups excluding carboxylic acids is 3. The predicted octanol–water partition coefficient (Wildman–Crippen LogP) is 2.89. The van der Waals surface area contributed by atoms with Gasteiger partial charge >= 0.3 is 12.1 Å². The third-order valence-corrected chi connectivity index (χ3v) is 4.65. The Morgan fingerprint density at radius 1 is 1.17 bits per heavy atom. The van der Waals surface area contributed by atoms with Gasteiger partial charge in [-0.1, -0.05) is 25.1 Å². The van der Waals surface area contributed by atoms with Gasteiger partial charge in [-0.3, -0.25) is 4.79 Å². The van der Waals surface area contributed by atoms with Crippen molar-refractivity contribution >= 4 is 29.3 Å². The fourth-order valence-electron chi connectivity index (χ4n) is 3.06. The summed E-state index contributed by atoms with van der Waals surface area (Å²) in [5.41, 5.74) is 1.99. The van der Waals surface area contributed by atoms with Gasteiger partial charge in [0.2, 0.25) is 0 Å². The molecular formula is C21H24N4O4. The molecule has 1 unspecified atom stereocenters. The Hall–Kier alpha value is -3.55. The van der Waals surface area contributed by atoms with Crippen molar-refractivity contribution in [3.8, 4) is 5.75 Å². The van der Waals surface area contributed by atoms with Crippen LogP contribution in [0.4, 0.5) is 21.0 Å². The molecular weight excluding hydrogens is 372 g/mol. The van der Waals surface area contributed by atoms with Crippen molar-refractivity contribution in [1.29, 1.82) is 0 Å². The topological polar surface area (TPSA) is 99.8 Å². The molecule has 0 radical (unpaired) electrons. The van der Waals surface area contributed by atoms with Gasteiger partial charge in [0.25, 0.3) is 5.91 Å². The highest BCUT2D eigenvalue weighted by Crippen LogP contribution is 2.23. The fourth-order valence-corrected chi connectivity index (χ4v) is 3.06. The van der Waals surface area contributed by atoms with E-state index in [2.05, 4.69) is 16.0 Å². The number of carbonyl (C=O) groups is 3. The monoisotopic (exact) mass is 396 g/mol. The number of rotatable bonds is 7. The summed E-state index contributed by atoms with van der Waals surface area (Å²) in [5.74, 6) is 0.494. The lowest BCUT2D eigenvalue weighted by Gasteiger charge is -2.15. The molecule has 2 aromatic carbocycles. The summed E-state index contributed by atoms with van der Waals surface area (Å²) in [6.07, 6.45) is 1.20. The number of hydrogen-bond acceptors (Lipinski definition) is 4. The van der Waals surface area contributed by atoms with Crippen molar-refractivity contribution in [3.05, 3.63) is 54.1 Å². The Morgan fingerprint density at radius 3 is 2.59 bits per heavy atom. The lowest BCUT2D eigenvalue weighted by atomic mass is 10.1. The number of nitrogens with zero attached hydrogens (tertiary/aromatic N) is 1. The molecule has 1 atom stereocenters. The fraction of sp³-hybridized carbons (Fsp3) is 0.286. The van der Waals surface area contributed by atoms with Gasteiger partial charge in [0.1, 0.15) is 11.8 Å². The van der Waals surface area contributed by atoms with Gasteiger partial charge in [0.05, 0.1) is 12.8 Å². The van der Waals surface area contributed by atoms with Crippen LogP contribution in [-0.2, 0) is 11.2 Å². The molecule has 152 valence electrons. The van der Waals surface area contributed by atoms with Crippen LogP contribution in [-0.4, -0.2) is 37.7 Å². The van der Waals surface area contributed by atoms with E-state index in [1.54, 1.807) is 31.4 Å². The van der Waals surface area contributed by atoms with Crippen LogP contribution in [0.5, 0.6) is 5.75 Å². The highest BCUT2D eigenvalue weighted by Gasteiger charge is 2.37. The van der Waals surface area contributed by atoms with Crippen LogP contribution < -0.4 is 25.6 Å².